The topological polar surface area (TPSA) is 49.4 Å². The quantitative estimate of drug-likeness (QED) is 0.421. The number of aliphatic imine (C=N–C) groups is 4. The first-order chi connectivity index (χ1) is 13.4. The maximum absolute atomic E-state index is 4.79. The average Bonchev–Trinajstić information content (AvgIpc) is 3.37. The molecule has 0 amide bonds. The van der Waals surface area contributed by atoms with Crippen LogP contribution in [-0.2, 0) is 31.9 Å². The third kappa shape index (κ3) is 3.10. The summed E-state index contributed by atoms with van der Waals surface area (Å²) in [5.74, 6) is 1.52. The van der Waals surface area contributed by atoms with E-state index in [2.05, 4.69) is 86.2 Å². The average molecular weight is 560 g/mol. The van der Waals surface area contributed by atoms with Crippen molar-refractivity contribution in [2.24, 2.45) is 20.0 Å². The molecular formula is C24H20N4Pt. The minimum atomic E-state index is -0.377. The first-order valence-corrected chi connectivity index (χ1v) is 9.42. The number of rotatable bonds is 0. The van der Waals surface area contributed by atoms with Crippen LogP contribution in [0.4, 0.5) is 0 Å². The second-order valence-electron chi connectivity index (χ2n) is 8.36. The number of hydrogen-bond donors (Lipinski definition) is 0. The van der Waals surface area contributed by atoms with E-state index in [0.717, 1.165) is 45.3 Å². The monoisotopic (exact) mass is 559 g/mol. The first kappa shape index (κ1) is 19.8. The number of fused-ring (bicyclic) bond motifs is 7. The van der Waals surface area contributed by atoms with Gasteiger partial charge >= 0.3 is 21.1 Å². The molecule has 2 aromatic carbocycles. The standard InChI is InChI=1S/C24H20N4.Pt/c1-23(2)17-9-5-7-15(11-17)16-8-6-10-18(12-16)24(3,4)22-26-14-20(28-22)19-13-25-21(23)27-19;/h5-10,13-14H,1-4H3;/q-2;+2/b20-19-;. The molecule has 0 aromatic heterocycles. The van der Waals surface area contributed by atoms with Crippen molar-refractivity contribution in [1.29, 1.82) is 0 Å². The number of nitrogens with zero attached hydrogens (tertiary/aromatic N) is 4. The van der Waals surface area contributed by atoms with Crippen LogP contribution in [0.1, 0.15) is 38.8 Å². The molecule has 146 valence electrons. The summed E-state index contributed by atoms with van der Waals surface area (Å²) >= 11 is 0. The molecule has 0 N–H and O–H groups in total. The molecule has 0 fully saturated rings. The van der Waals surface area contributed by atoms with Crippen LogP contribution in [-0.4, -0.2) is 24.1 Å². The van der Waals surface area contributed by atoms with Gasteiger partial charge < -0.3 is 0 Å². The summed E-state index contributed by atoms with van der Waals surface area (Å²) in [7, 11) is 0. The molecule has 5 rings (SSSR count). The number of benzene rings is 2. The zero-order chi connectivity index (χ0) is 19.5. The van der Waals surface area contributed by atoms with Gasteiger partial charge in [0, 0.05) is 10.8 Å². The molecule has 0 radical (unpaired) electrons. The molecular weight excluding hydrogens is 539 g/mol. The molecule has 3 aliphatic rings. The van der Waals surface area contributed by atoms with Gasteiger partial charge in [-0.2, -0.15) is 36.4 Å². The fourth-order valence-corrected chi connectivity index (χ4v) is 3.66. The summed E-state index contributed by atoms with van der Waals surface area (Å²) in [5.41, 5.74) is 4.87. The van der Waals surface area contributed by atoms with Crippen LogP contribution in [0.25, 0.3) is 11.1 Å². The van der Waals surface area contributed by atoms with Crippen molar-refractivity contribution < 1.29 is 21.1 Å². The molecule has 0 saturated carbocycles. The van der Waals surface area contributed by atoms with Gasteiger partial charge in [-0.3, -0.25) is 0 Å². The zero-order valence-corrected chi connectivity index (χ0v) is 19.0. The van der Waals surface area contributed by atoms with E-state index in [9.17, 15) is 0 Å². The van der Waals surface area contributed by atoms with Crippen LogP contribution < -0.4 is 0 Å². The maximum Gasteiger partial charge on any atom is 2.00 e. The van der Waals surface area contributed by atoms with Crippen molar-refractivity contribution in [3.8, 4) is 11.1 Å². The Labute approximate surface area is 185 Å². The molecule has 5 heteroatoms. The van der Waals surface area contributed by atoms with Gasteiger partial charge in [-0.05, 0) is 0 Å². The number of allylic oxidation sites excluding steroid dienone is 2. The Morgan fingerprint density at radius 3 is 1.48 bits per heavy atom. The SMILES string of the molecule is CC1(C)C2=N/C(=C3/C=NC(=N3)C(C)(C)c3[c-]c(ccc3)-c3[c-]c1ccc3)C=N2.[Pt+2]. The van der Waals surface area contributed by atoms with Gasteiger partial charge in [-0.15, -0.1) is 23.3 Å². The molecule has 29 heavy (non-hydrogen) atoms. The number of hydrogen-bond acceptors (Lipinski definition) is 4. The van der Waals surface area contributed by atoms with Crippen molar-refractivity contribution in [2.75, 3.05) is 0 Å². The Balaban J connectivity index is 0.00000205. The van der Waals surface area contributed by atoms with Gasteiger partial charge in [0.2, 0.25) is 0 Å². The second-order valence-corrected chi connectivity index (χ2v) is 8.36. The Bertz CT molecular complexity index is 1070. The Morgan fingerprint density at radius 1 is 0.655 bits per heavy atom. The van der Waals surface area contributed by atoms with Crippen LogP contribution >= 0.6 is 0 Å². The van der Waals surface area contributed by atoms with E-state index in [1.807, 2.05) is 0 Å². The van der Waals surface area contributed by atoms with E-state index >= 15 is 0 Å². The summed E-state index contributed by atoms with van der Waals surface area (Å²) in [6, 6.07) is 19.6. The second kappa shape index (κ2) is 6.81. The Kier molecular flexibility index (Phi) is 4.66. The van der Waals surface area contributed by atoms with Crippen molar-refractivity contribution in [3.63, 3.8) is 0 Å². The van der Waals surface area contributed by atoms with Crippen LogP contribution in [0.3, 0.4) is 0 Å². The van der Waals surface area contributed by atoms with E-state index < -0.39 is 0 Å². The normalized spacial score (nSPS) is 22.5. The smallest absolute Gasteiger partial charge is 0.238 e. The molecule has 2 aromatic rings. The summed E-state index contributed by atoms with van der Waals surface area (Å²) in [6.07, 6.45) is 3.57. The van der Waals surface area contributed by atoms with E-state index in [4.69, 9.17) is 9.98 Å². The van der Waals surface area contributed by atoms with Gasteiger partial charge in [0.1, 0.15) is 23.1 Å². The van der Waals surface area contributed by atoms with Crippen molar-refractivity contribution >= 4 is 24.1 Å². The summed E-state index contributed by atoms with van der Waals surface area (Å²) in [6.45, 7) is 8.50. The van der Waals surface area contributed by atoms with Crippen molar-refractivity contribution in [1.82, 2.24) is 0 Å². The van der Waals surface area contributed by atoms with Gasteiger partial charge in [0.05, 0.1) is 12.4 Å². The fraction of sp³-hybridized carbons (Fsp3) is 0.250. The van der Waals surface area contributed by atoms with Crippen LogP contribution in [0.2, 0.25) is 0 Å². The van der Waals surface area contributed by atoms with Crippen LogP contribution in [0.15, 0.2) is 67.8 Å². The molecule has 0 spiro atoms. The summed E-state index contributed by atoms with van der Waals surface area (Å²) in [5, 5.41) is 0. The third-order valence-corrected chi connectivity index (χ3v) is 5.68. The van der Waals surface area contributed by atoms with Crippen LogP contribution in [0.5, 0.6) is 0 Å². The number of amidine groups is 2. The third-order valence-electron chi connectivity index (χ3n) is 5.68. The molecule has 0 unspecified atom stereocenters. The van der Waals surface area contributed by atoms with Gasteiger partial charge in [0.15, 0.2) is 0 Å². The van der Waals surface area contributed by atoms with E-state index in [1.54, 1.807) is 12.4 Å². The molecule has 0 saturated heterocycles. The maximum atomic E-state index is 4.79. The van der Waals surface area contributed by atoms with E-state index in [-0.39, 0.29) is 31.9 Å². The molecule has 8 bridgehead atoms. The van der Waals surface area contributed by atoms with E-state index in [1.165, 1.54) is 0 Å². The molecule has 4 nitrogen and oxygen atoms in total. The summed E-state index contributed by atoms with van der Waals surface area (Å²) < 4.78 is 0. The fourth-order valence-electron chi connectivity index (χ4n) is 3.66. The van der Waals surface area contributed by atoms with E-state index in [0.29, 0.717) is 0 Å². The van der Waals surface area contributed by atoms with Crippen LogP contribution in [0, 0.1) is 12.1 Å². The summed E-state index contributed by atoms with van der Waals surface area (Å²) in [4.78, 5) is 18.8. The molecule has 0 atom stereocenters. The predicted octanol–water partition coefficient (Wildman–Crippen LogP) is 4.70. The minimum Gasteiger partial charge on any atom is -0.238 e. The van der Waals surface area contributed by atoms with Crippen molar-refractivity contribution in [2.45, 2.75) is 38.5 Å². The zero-order valence-electron chi connectivity index (χ0n) is 16.7. The Hall–Kier alpha value is -2.45. The minimum absolute atomic E-state index is 0. The molecule has 3 aliphatic heterocycles. The Morgan fingerprint density at radius 2 is 1.07 bits per heavy atom. The molecule has 3 heterocycles. The van der Waals surface area contributed by atoms with Gasteiger partial charge in [-0.1, -0.05) is 27.7 Å². The van der Waals surface area contributed by atoms with Gasteiger partial charge in [-0.25, -0.2) is 31.1 Å². The largest absolute Gasteiger partial charge is 2.00 e. The molecule has 0 aliphatic carbocycles. The van der Waals surface area contributed by atoms with Gasteiger partial charge in [0.25, 0.3) is 0 Å². The first-order valence-electron chi connectivity index (χ1n) is 9.42. The van der Waals surface area contributed by atoms with Crippen molar-refractivity contribution in [3.05, 3.63) is 71.1 Å². The predicted molar refractivity (Wildman–Crippen MR) is 114 cm³/mol.